The summed E-state index contributed by atoms with van der Waals surface area (Å²) in [5.74, 6) is 2.74. The summed E-state index contributed by atoms with van der Waals surface area (Å²) in [5.41, 5.74) is 0. The SMILES string of the molecule is O=[PH](OC(=CCCCl)CCCl)OC(=CCCCl)CCCl. The monoisotopic (exact) mass is 382 g/mol. The van der Waals surface area contributed by atoms with Gasteiger partial charge in [0, 0.05) is 36.4 Å². The van der Waals surface area contributed by atoms with E-state index in [1.165, 1.54) is 0 Å². The second kappa shape index (κ2) is 14.4. The number of rotatable bonds is 12. The zero-order valence-corrected chi connectivity index (χ0v) is 15.1. The minimum atomic E-state index is -2.68. The molecule has 0 N–H and O–H groups in total. The summed E-state index contributed by atoms with van der Waals surface area (Å²) in [6, 6.07) is 0. The van der Waals surface area contributed by atoms with E-state index in [1.54, 1.807) is 12.2 Å². The van der Waals surface area contributed by atoms with Gasteiger partial charge in [0.2, 0.25) is 0 Å². The lowest BCUT2D eigenvalue weighted by molar-refractivity contribution is 0.303. The average Bonchev–Trinajstić information content (AvgIpc) is 2.42. The molecule has 0 amide bonds. The van der Waals surface area contributed by atoms with Crippen LogP contribution in [0.5, 0.6) is 0 Å². The van der Waals surface area contributed by atoms with E-state index in [0.717, 1.165) is 0 Å². The Hall–Kier alpha value is 0.470. The smallest absolute Gasteiger partial charge is 0.418 e. The minimum absolute atomic E-state index is 0.375. The molecule has 8 heteroatoms. The molecule has 0 unspecified atom stereocenters. The first-order valence-corrected chi connectivity index (χ1v) is 9.55. The number of alkyl halides is 4. The fraction of sp³-hybridized carbons (Fsp3) is 0.667. The Morgan fingerprint density at radius 2 is 1.20 bits per heavy atom. The highest BCUT2D eigenvalue weighted by molar-refractivity contribution is 7.33. The Morgan fingerprint density at radius 3 is 1.50 bits per heavy atom. The second-order valence-electron chi connectivity index (χ2n) is 3.63. The van der Waals surface area contributed by atoms with E-state index >= 15 is 0 Å². The first kappa shape index (κ1) is 20.5. The van der Waals surface area contributed by atoms with Crippen LogP contribution in [0, 0.1) is 0 Å². The predicted octanol–water partition coefficient (Wildman–Crippen LogP) is 5.69. The first-order valence-electron chi connectivity index (χ1n) is 6.19. The highest BCUT2D eigenvalue weighted by Gasteiger charge is 2.08. The van der Waals surface area contributed by atoms with Gasteiger partial charge in [-0.25, -0.2) is 4.57 Å². The maximum atomic E-state index is 11.8. The van der Waals surface area contributed by atoms with E-state index < -0.39 is 8.25 Å². The van der Waals surface area contributed by atoms with Crippen LogP contribution in [0.25, 0.3) is 0 Å². The Kier molecular flexibility index (Phi) is 14.7. The third-order valence-corrected chi connectivity index (χ3v) is 3.74. The van der Waals surface area contributed by atoms with Crippen molar-refractivity contribution in [1.29, 1.82) is 0 Å². The van der Waals surface area contributed by atoms with Crippen LogP contribution in [0.15, 0.2) is 23.7 Å². The quantitative estimate of drug-likeness (QED) is 0.246. The van der Waals surface area contributed by atoms with Gasteiger partial charge >= 0.3 is 8.25 Å². The zero-order chi connectivity index (χ0) is 15.2. The topological polar surface area (TPSA) is 35.5 Å². The lowest BCUT2D eigenvalue weighted by Crippen LogP contribution is -1.92. The minimum Gasteiger partial charge on any atom is -0.423 e. The Morgan fingerprint density at radius 1 is 0.800 bits per heavy atom. The van der Waals surface area contributed by atoms with Gasteiger partial charge in [-0.05, 0) is 25.0 Å². The highest BCUT2D eigenvalue weighted by Crippen LogP contribution is 2.33. The molecule has 118 valence electrons. The van der Waals surface area contributed by atoms with Gasteiger partial charge in [0.1, 0.15) is 11.5 Å². The maximum absolute atomic E-state index is 11.8. The molecule has 20 heavy (non-hydrogen) atoms. The van der Waals surface area contributed by atoms with E-state index in [-0.39, 0.29) is 0 Å². The van der Waals surface area contributed by atoms with Crippen molar-refractivity contribution in [2.75, 3.05) is 23.5 Å². The molecular formula is C12H19Cl4O3P. The van der Waals surface area contributed by atoms with Gasteiger partial charge in [-0.15, -0.1) is 46.4 Å². The fourth-order valence-corrected chi connectivity index (χ4v) is 2.67. The number of halogens is 4. The molecule has 0 heterocycles. The van der Waals surface area contributed by atoms with Crippen molar-refractivity contribution in [3.8, 4) is 0 Å². The summed E-state index contributed by atoms with van der Waals surface area (Å²) in [6.45, 7) is 0. The van der Waals surface area contributed by atoms with E-state index in [9.17, 15) is 4.57 Å². The summed E-state index contributed by atoms with van der Waals surface area (Å²) in [5, 5.41) is 0. The van der Waals surface area contributed by atoms with Gasteiger partial charge in [0.15, 0.2) is 0 Å². The van der Waals surface area contributed by atoms with Gasteiger partial charge in [-0.1, -0.05) is 0 Å². The van der Waals surface area contributed by atoms with Gasteiger partial charge in [-0.2, -0.15) is 0 Å². The molecule has 0 saturated carbocycles. The maximum Gasteiger partial charge on any atom is 0.418 e. The van der Waals surface area contributed by atoms with E-state index in [0.29, 0.717) is 60.7 Å². The van der Waals surface area contributed by atoms with Crippen molar-refractivity contribution in [2.45, 2.75) is 25.7 Å². The summed E-state index contributed by atoms with van der Waals surface area (Å²) < 4.78 is 22.4. The zero-order valence-electron chi connectivity index (χ0n) is 11.0. The molecule has 0 aliphatic rings. The van der Waals surface area contributed by atoms with Crippen molar-refractivity contribution >= 4 is 54.7 Å². The largest absolute Gasteiger partial charge is 0.423 e. The molecule has 0 bridgehead atoms. The lowest BCUT2D eigenvalue weighted by Gasteiger charge is -2.12. The molecule has 0 aromatic carbocycles. The van der Waals surface area contributed by atoms with E-state index in [1.807, 2.05) is 0 Å². The van der Waals surface area contributed by atoms with Crippen molar-refractivity contribution in [2.24, 2.45) is 0 Å². The highest BCUT2D eigenvalue weighted by atomic mass is 35.5. The third-order valence-electron chi connectivity index (χ3n) is 2.07. The molecule has 0 rings (SSSR count). The van der Waals surface area contributed by atoms with Crippen molar-refractivity contribution in [1.82, 2.24) is 0 Å². The van der Waals surface area contributed by atoms with Crippen LogP contribution < -0.4 is 0 Å². The van der Waals surface area contributed by atoms with Crippen molar-refractivity contribution in [3.63, 3.8) is 0 Å². The number of allylic oxidation sites excluding steroid dienone is 4. The Balaban J connectivity index is 4.47. The van der Waals surface area contributed by atoms with Crippen molar-refractivity contribution in [3.05, 3.63) is 23.7 Å². The van der Waals surface area contributed by atoms with Crippen LogP contribution in [-0.4, -0.2) is 23.5 Å². The van der Waals surface area contributed by atoms with E-state index in [4.69, 9.17) is 55.5 Å². The van der Waals surface area contributed by atoms with Crippen LogP contribution >= 0.6 is 54.7 Å². The first-order chi connectivity index (χ1) is 9.67. The van der Waals surface area contributed by atoms with Crippen molar-refractivity contribution < 1.29 is 13.6 Å². The molecule has 0 radical (unpaired) electrons. The Labute approximate surface area is 141 Å². The standard InChI is InChI=1S/C12H19Cl4O3P/c13-7-1-3-11(5-9-15)18-20(17)19-12(6-10-16)4-2-8-14/h3-4,20H,1-2,5-10H2. The summed E-state index contributed by atoms with van der Waals surface area (Å²) in [7, 11) is -2.68. The molecule has 0 aliphatic heterocycles. The molecule has 0 atom stereocenters. The molecule has 0 aromatic rings. The molecule has 0 fully saturated rings. The summed E-state index contributed by atoms with van der Waals surface area (Å²) in [4.78, 5) is 0. The third kappa shape index (κ3) is 11.2. The van der Waals surface area contributed by atoms with Crippen LogP contribution in [0.2, 0.25) is 0 Å². The number of hydrogen-bond acceptors (Lipinski definition) is 3. The summed E-state index contributed by atoms with van der Waals surface area (Å²) >= 11 is 22.5. The molecule has 0 spiro atoms. The average molecular weight is 384 g/mol. The molecule has 0 saturated heterocycles. The second-order valence-corrected chi connectivity index (χ2v) is 6.05. The molecule has 3 nitrogen and oxygen atoms in total. The van der Waals surface area contributed by atoms with E-state index in [2.05, 4.69) is 0 Å². The van der Waals surface area contributed by atoms with Gasteiger partial charge < -0.3 is 9.05 Å². The van der Waals surface area contributed by atoms with Gasteiger partial charge in [0.25, 0.3) is 0 Å². The Bertz CT molecular complexity index is 305. The van der Waals surface area contributed by atoms with Crippen LogP contribution in [0.3, 0.4) is 0 Å². The lowest BCUT2D eigenvalue weighted by atomic mass is 10.3. The van der Waals surface area contributed by atoms with Crippen LogP contribution in [0.4, 0.5) is 0 Å². The van der Waals surface area contributed by atoms with Gasteiger partial charge in [0.05, 0.1) is 0 Å². The molecule has 0 aliphatic carbocycles. The summed E-state index contributed by atoms with van der Waals surface area (Å²) in [6.07, 6.45) is 5.75. The van der Waals surface area contributed by atoms with Crippen LogP contribution in [-0.2, 0) is 13.6 Å². The molecule has 0 aromatic heterocycles. The van der Waals surface area contributed by atoms with Gasteiger partial charge in [-0.3, -0.25) is 0 Å². The molecular weight excluding hydrogens is 365 g/mol. The number of hydrogen-bond donors (Lipinski definition) is 0. The normalized spacial score (nSPS) is 14.2. The van der Waals surface area contributed by atoms with Crippen LogP contribution in [0.1, 0.15) is 25.7 Å². The predicted molar refractivity (Wildman–Crippen MR) is 88.7 cm³/mol. The fourth-order valence-electron chi connectivity index (χ4n) is 1.24.